The number of fused-ring (bicyclic) bond motifs is 1. The molecule has 2 aromatic rings. The number of hydrogen-bond donors (Lipinski definition) is 1. The van der Waals surface area contributed by atoms with Crippen LogP contribution < -0.4 is 5.73 Å². The summed E-state index contributed by atoms with van der Waals surface area (Å²) in [6, 6.07) is 7.86. The molecule has 1 aliphatic heterocycles. The molecule has 0 unspecified atom stereocenters. The van der Waals surface area contributed by atoms with E-state index in [1.165, 1.54) is 0 Å². The summed E-state index contributed by atoms with van der Waals surface area (Å²) >= 11 is 0. The number of primary amides is 1. The normalized spacial score (nSPS) is 19.4. The first-order valence-corrected chi connectivity index (χ1v) is 8.20. The lowest BCUT2D eigenvalue weighted by Gasteiger charge is -2.22. The molecule has 2 amide bonds. The van der Waals surface area contributed by atoms with Gasteiger partial charge in [0.25, 0.3) is 0 Å². The summed E-state index contributed by atoms with van der Waals surface area (Å²) in [6.07, 6.45) is 2.15. The third-order valence-corrected chi connectivity index (χ3v) is 4.57. The minimum Gasteiger partial charge on any atom is -0.369 e. The van der Waals surface area contributed by atoms with Crippen molar-refractivity contribution in [3.8, 4) is 0 Å². The predicted octanol–water partition coefficient (Wildman–Crippen LogP) is 0.302. The number of para-hydroxylation sites is 2. The molecule has 0 saturated carbocycles. The van der Waals surface area contributed by atoms with E-state index in [1.807, 2.05) is 40.8 Å². The first-order valence-electron chi connectivity index (χ1n) is 8.20. The molecule has 0 spiro atoms. The average molecular weight is 329 g/mol. The second kappa shape index (κ2) is 7.00. The lowest BCUT2D eigenvalue weighted by atomic mass is 10.1. The molecule has 0 bridgehead atoms. The summed E-state index contributed by atoms with van der Waals surface area (Å²) < 4.78 is 1.99. The molecule has 0 radical (unpaired) electrons. The number of imidazole rings is 1. The molecule has 1 aliphatic rings. The van der Waals surface area contributed by atoms with Crippen LogP contribution in [-0.4, -0.2) is 64.4 Å². The summed E-state index contributed by atoms with van der Waals surface area (Å²) in [5, 5.41) is 0. The number of carbonyl (C=O) groups is 2. The maximum atomic E-state index is 12.6. The standard InChI is InChI=1S/C17H23N5O2/c1-20-8-9-21(11-13(10-20)17(18)24)16(23)6-7-22-12-19-14-4-2-3-5-15(14)22/h2-5,12-13H,6-11H2,1H3,(H2,18,24)/t13-/m1/s1. The molecule has 24 heavy (non-hydrogen) atoms. The van der Waals surface area contributed by atoms with Gasteiger partial charge in [0.2, 0.25) is 11.8 Å². The fourth-order valence-electron chi connectivity index (χ4n) is 3.14. The number of aromatic nitrogens is 2. The zero-order valence-electron chi connectivity index (χ0n) is 13.9. The van der Waals surface area contributed by atoms with E-state index in [-0.39, 0.29) is 17.7 Å². The Hall–Kier alpha value is -2.41. The fraction of sp³-hybridized carbons (Fsp3) is 0.471. The highest BCUT2D eigenvalue weighted by Gasteiger charge is 2.27. The SMILES string of the molecule is CN1CCN(C(=O)CCn2cnc3ccccc32)C[C@H](C(N)=O)C1. The van der Waals surface area contributed by atoms with E-state index >= 15 is 0 Å². The van der Waals surface area contributed by atoms with Crippen LogP contribution in [0.15, 0.2) is 30.6 Å². The Morgan fingerprint density at radius 3 is 2.83 bits per heavy atom. The highest BCUT2D eigenvalue weighted by Crippen LogP contribution is 2.14. The second-order valence-electron chi connectivity index (χ2n) is 6.38. The molecule has 128 valence electrons. The predicted molar refractivity (Wildman–Crippen MR) is 91.1 cm³/mol. The molecule has 2 N–H and O–H groups in total. The van der Waals surface area contributed by atoms with Crippen molar-refractivity contribution in [2.75, 3.05) is 33.2 Å². The van der Waals surface area contributed by atoms with E-state index in [0.717, 1.165) is 17.6 Å². The van der Waals surface area contributed by atoms with Crippen LogP contribution in [0.3, 0.4) is 0 Å². The number of rotatable bonds is 4. The largest absolute Gasteiger partial charge is 0.369 e. The minimum atomic E-state index is -0.345. The van der Waals surface area contributed by atoms with Crippen molar-refractivity contribution >= 4 is 22.8 Å². The third kappa shape index (κ3) is 3.56. The first-order chi connectivity index (χ1) is 11.5. The summed E-state index contributed by atoms with van der Waals surface area (Å²) in [4.78, 5) is 32.3. The summed E-state index contributed by atoms with van der Waals surface area (Å²) in [6.45, 7) is 2.97. The topological polar surface area (TPSA) is 84.5 Å². The molecular formula is C17H23N5O2. The zero-order chi connectivity index (χ0) is 17.1. The van der Waals surface area contributed by atoms with Crippen molar-refractivity contribution < 1.29 is 9.59 Å². The second-order valence-corrected chi connectivity index (χ2v) is 6.38. The van der Waals surface area contributed by atoms with Crippen molar-refractivity contribution in [3.63, 3.8) is 0 Å². The van der Waals surface area contributed by atoms with Gasteiger partial charge in [-0.25, -0.2) is 4.98 Å². The van der Waals surface area contributed by atoms with Crippen LogP contribution in [0.25, 0.3) is 11.0 Å². The van der Waals surface area contributed by atoms with Gasteiger partial charge >= 0.3 is 0 Å². The minimum absolute atomic E-state index is 0.0503. The quantitative estimate of drug-likeness (QED) is 0.874. The molecule has 1 aromatic carbocycles. The van der Waals surface area contributed by atoms with E-state index in [4.69, 9.17) is 5.73 Å². The van der Waals surface area contributed by atoms with Gasteiger partial charge in [0.05, 0.1) is 23.3 Å². The lowest BCUT2D eigenvalue weighted by molar-refractivity contribution is -0.132. The van der Waals surface area contributed by atoms with Crippen molar-refractivity contribution in [2.24, 2.45) is 11.7 Å². The lowest BCUT2D eigenvalue weighted by Crippen LogP contribution is -2.40. The Labute approximate surface area is 141 Å². The Bertz CT molecular complexity index is 741. The van der Waals surface area contributed by atoms with Gasteiger partial charge in [0, 0.05) is 39.1 Å². The molecule has 1 atom stereocenters. The summed E-state index contributed by atoms with van der Waals surface area (Å²) in [5.74, 6) is -0.605. The number of nitrogens with zero attached hydrogens (tertiary/aromatic N) is 4. The molecule has 1 aromatic heterocycles. The molecule has 3 rings (SSSR count). The molecular weight excluding hydrogens is 306 g/mol. The van der Waals surface area contributed by atoms with E-state index in [9.17, 15) is 9.59 Å². The van der Waals surface area contributed by atoms with Gasteiger partial charge in [0.1, 0.15) is 0 Å². The van der Waals surface area contributed by atoms with E-state index < -0.39 is 0 Å². The van der Waals surface area contributed by atoms with Gasteiger partial charge in [0.15, 0.2) is 0 Å². The maximum absolute atomic E-state index is 12.6. The van der Waals surface area contributed by atoms with Gasteiger partial charge < -0.3 is 20.1 Å². The smallest absolute Gasteiger partial charge is 0.224 e. The number of likely N-dealkylation sites (N-methyl/N-ethyl adjacent to an activating group) is 1. The highest BCUT2D eigenvalue weighted by atomic mass is 16.2. The van der Waals surface area contributed by atoms with E-state index in [2.05, 4.69) is 4.98 Å². The summed E-state index contributed by atoms with van der Waals surface area (Å²) in [5.41, 5.74) is 7.41. The fourth-order valence-corrected chi connectivity index (χ4v) is 3.14. The Balaban J connectivity index is 1.64. The Kier molecular flexibility index (Phi) is 4.80. The van der Waals surface area contributed by atoms with E-state index in [0.29, 0.717) is 32.6 Å². The van der Waals surface area contributed by atoms with Crippen LogP contribution in [0, 0.1) is 5.92 Å². The van der Waals surface area contributed by atoms with E-state index in [1.54, 1.807) is 11.2 Å². The van der Waals surface area contributed by atoms with Crippen molar-refractivity contribution in [1.29, 1.82) is 0 Å². The number of aryl methyl sites for hydroxylation is 1. The van der Waals surface area contributed by atoms with Crippen molar-refractivity contribution in [2.45, 2.75) is 13.0 Å². The van der Waals surface area contributed by atoms with Crippen LogP contribution in [-0.2, 0) is 16.1 Å². The molecule has 2 heterocycles. The van der Waals surface area contributed by atoms with Crippen molar-refractivity contribution in [3.05, 3.63) is 30.6 Å². The van der Waals surface area contributed by atoms with Gasteiger partial charge in [-0.05, 0) is 19.2 Å². The molecule has 7 nitrogen and oxygen atoms in total. The average Bonchev–Trinajstić information content (AvgIpc) is 2.87. The van der Waals surface area contributed by atoms with Gasteiger partial charge in [-0.1, -0.05) is 12.1 Å². The van der Waals surface area contributed by atoms with Gasteiger partial charge in [-0.2, -0.15) is 0 Å². The van der Waals surface area contributed by atoms with Gasteiger partial charge in [-0.3, -0.25) is 9.59 Å². The molecule has 1 fully saturated rings. The number of carbonyl (C=O) groups excluding carboxylic acids is 2. The van der Waals surface area contributed by atoms with Crippen LogP contribution in [0.1, 0.15) is 6.42 Å². The van der Waals surface area contributed by atoms with Crippen molar-refractivity contribution in [1.82, 2.24) is 19.4 Å². The van der Waals surface area contributed by atoms with Gasteiger partial charge in [-0.15, -0.1) is 0 Å². The molecule has 1 saturated heterocycles. The van der Waals surface area contributed by atoms with Crippen LogP contribution >= 0.6 is 0 Å². The maximum Gasteiger partial charge on any atom is 0.224 e. The first kappa shape index (κ1) is 16.4. The zero-order valence-corrected chi connectivity index (χ0v) is 13.9. The van der Waals surface area contributed by atoms with Crippen LogP contribution in [0.4, 0.5) is 0 Å². The number of nitrogens with two attached hydrogens (primary N) is 1. The summed E-state index contributed by atoms with van der Waals surface area (Å²) in [7, 11) is 1.95. The molecule has 7 heteroatoms. The van der Waals surface area contributed by atoms with Crippen LogP contribution in [0.2, 0.25) is 0 Å². The van der Waals surface area contributed by atoms with Crippen LogP contribution in [0.5, 0.6) is 0 Å². The number of hydrogen-bond acceptors (Lipinski definition) is 4. The highest BCUT2D eigenvalue weighted by molar-refractivity contribution is 5.80. The number of benzene rings is 1. The number of amides is 2. The monoisotopic (exact) mass is 329 g/mol. The Morgan fingerprint density at radius 1 is 1.25 bits per heavy atom. The third-order valence-electron chi connectivity index (χ3n) is 4.57. The molecule has 0 aliphatic carbocycles. The Morgan fingerprint density at radius 2 is 2.04 bits per heavy atom.